The fourth-order valence-corrected chi connectivity index (χ4v) is 5.82. The summed E-state index contributed by atoms with van der Waals surface area (Å²) >= 11 is 0. The molecule has 0 heterocycles. The molecule has 5 aromatic carbocycles. The topological polar surface area (TPSA) is 105 Å². The van der Waals surface area contributed by atoms with Gasteiger partial charge in [0.05, 0.1) is 11.1 Å². The van der Waals surface area contributed by atoms with Crippen molar-refractivity contribution in [3.05, 3.63) is 154 Å². The minimum atomic E-state index is -0.590. The highest BCUT2D eigenvalue weighted by molar-refractivity contribution is 5.92. The Balaban J connectivity index is 1.08. The Bertz CT molecular complexity index is 2010. The molecule has 0 spiro atoms. The second kappa shape index (κ2) is 19.7. The molecular weight excluding hydrogens is 680 g/mol. The molecule has 5 aromatic rings. The highest BCUT2D eigenvalue weighted by atomic mass is 16.5. The average molecular weight is 727 g/mol. The molecule has 0 aliphatic rings. The number of hydrogen-bond acceptors (Lipinski definition) is 8. The van der Waals surface area contributed by atoms with E-state index in [1.165, 1.54) is 23.3 Å². The second-order valence-electron chi connectivity index (χ2n) is 13.0. The van der Waals surface area contributed by atoms with E-state index in [0.29, 0.717) is 42.1 Å². The molecule has 278 valence electrons. The molecule has 5 rings (SSSR count). The molecule has 8 heteroatoms. The van der Waals surface area contributed by atoms with Crippen LogP contribution in [0.2, 0.25) is 0 Å². The summed E-state index contributed by atoms with van der Waals surface area (Å²) < 4.78 is 22.2. The minimum absolute atomic E-state index is 0.237. The van der Waals surface area contributed by atoms with Gasteiger partial charge < -0.3 is 18.9 Å². The van der Waals surface area contributed by atoms with Gasteiger partial charge >= 0.3 is 23.9 Å². The van der Waals surface area contributed by atoms with E-state index in [2.05, 4.69) is 38.1 Å². The van der Waals surface area contributed by atoms with Crippen LogP contribution in [0.3, 0.4) is 0 Å². The molecule has 0 fully saturated rings. The molecule has 0 saturated heterocycles. The summed E-state index contributed by atoms with van der Waals surface area (Å²) in [5, 5.41) is 0. The molecule has 0 radical (unpaired) electrons. The van der Waals surface area contributed by atoms with Crippen molar-refractivity contribution >= 4 is 23.9 Å². The van der Waals surface area contributed by atoms with Crippen molar-refractivity contribution in [1.82, 2.24) is 0 Å². The SMILES string of the molecule is CCCc1ccc(CCC(=O)Oc2ccc(C(=O)Oc3ccc(OC(=O)c4ccc(OC(=O)CCc5ccc(CCC)cc5)cc4)c(CC)c3)cc2)cc1. The molecule has 0 atom stereocenters. The van der Waals surface area contributed by atoms with E-state index >= 15 is 0 Å². The number of benzene rings is 5. The van der Waals surface area contributed by atoms with Crippen LogP contribution >= 0.6 is 0 Å². The van der Waals surface area contributed by atoms with Crippen LogP contribution in [0.25, 0.3) is 0 Å². The first-order chi connectivity index (χ1) is 26.2. The normalized spacial score (nSPS) is 10.7. The molecule has 0 saturated carbocycles. The first kappa shape index (κ1) is 39.2. The Hall–Kier alpha value is -6.02. The van der Waals surface area contributed by atoms with E-state index in [1.54, 1.807) is 54.6 Å². The largest absolute Gasteiger partial charge is 0.427 e. The van der Waals surface area contributed by atoms with E-state index < -0.39 is 11.9 Å². The van der Waals surface area contributed by atoms with Crippen LogP contribution in [0, 0.1) is 0 Å². The average Bonchev–Trinajstić information content (AvgIpc) is 3.18. The summed E-state index contributed by atoms with van der Waals surface area (Å²) in [6.45, 7) is 6.18. The number of esters is 4. The quantitative estimate of drug-likeness (QED) is 0.0689. The Morgan fingerprint density at radius 3 is 1.22 bits per heavy atom. The summed E-state index contributed by atoms with van der Waals surface area (Å²) in [5.41, 5.74) is 5.94. The van der Waals surface area contributed by atoms with Gasteiger partial charge in [-0.2, -0.15) is 0 Å². The van der Waals surface area contributed by atoms with Gasteiger partial charge in [0.1, 0.15) is 23.0 Å². The zero-order valence-electron chi connectivity index (χ0n) is 31.1. The molecule has 0 amide bonds. The van der Waals surface area contributed by atoms with Gasteiger partial charge in [-0.25, -0.2) is 9.59 Å². The molecule has 0 aliphatic carbocycles. The van der Waals surface area contributed by atoms with E-state index in [1.807, 2.05) is 31.2 Å². The first-order valence-corrected chi connectivity index (χ1v) is 18.6. The van der Waals surface area contributed by atoms with Gasteiger partial charge in [-0.05, 0) is 127 Å². The summed E-state index contributed by atoms with van der Waals surface area (Å²) in [6.07, 6.45) is 6.39. The van der Waals surface area contributed by atoms with Gasteiger partial charge in [0.15, 0.2) is 0 Å². The highest BCUT2D eigenvalue weighted by Gasteiger charge is 2.16. The Morgan fingerprint density at radius 2 is 0.815 bits per heavy atom. The van der Waals surface area contributed by atoms with Crippen molar-refractivity contribution in [2.75, 3.05) is 0 Å². The summed E-state index contributed by atoms with van der Waals surface area (Å²) in [4.78, 5) is 50.7. The first-order valence-electron chi connectivity index (χ1n) is 18.6. The van der Waals surface area contributed by atoms with Crippen LogP contribution in [0.1, 0.15) is 95.0 Å². The zero-order valence-corrected chi connectivity index (χ0v) is 31.1. The number of aryl methyl sites for hydroxylation is 5. The third kappa shape index (κ3) is 11.7. The standard InChI is InChI=1S/C46H46O8/c1-4-7-32-9-13-34(14-10-32)17-29-43(47)51-39-23-19-37(20-24-39)45(49)53-41-27-28-42(36(6-3)31-41)54-46(50)38-21-25-40(26-22-38)52-44(48)30-18-35-15-11-33(8-5-2)12-16-35/h9-16,19-28,31H,4-8,17-18,29-30H2,1-3H3. The van der Waals surface area contributed by atoms with Crippen molar-refractivity contribution in [3.8, 4) is 23.0 Å². The fraction of sp³-hybridized carbons (Fsp3) is 0.261. The van der Waals surface area contributed by atoms with Gasteiger partial charge in [0.25, 0.3) is 0 Å². The maximum Gasteiger partial charge on any atom is 0.343 e. The maximum atomic E-state index is 13.0. The van der Waals surface area contributed by atoms with Crippen LogP contribution in [0.5, 0.6) is 23.0 Å². The maximum absolute atomic E-state index is 13.0. The van der Waals surface area contributed by atoms with Crippen LogP contribution < -0.4 is 18.9 Å². The second-order valence-corrected chi connectivity index (χ2v) is 13.0. The van der Waals surface area contributed by atoms with Crippen LogP contribution in [-0.2, 0) is 41.7 Å². The Kier molecular flexibility index (Phi) is 14.3. The molecule has 0 aromatic heterocycles. The lowest BCUT2D eigenvalue weighted by Gasteiger charge is -2.12. The van der Waals surface area contributed by atoms with Crippen molar-refractivity contribution in [2.45, 2.75) is 78.6 Å². The van der Waals surface area contributed by atoms with E-state index in [0.717, 1.165) is 36.8 Å². The molecule has 54 heavy (non-hydrogen) atoms. The van der Waals surface area contributed by atoms with Crippen LogP contribution in [0.4, 0.5) is 0 Å². The lowest BCUT2D eigenvalue weighted by Crippen LogP contribution is -2.12. The van der Waals surface area contributed by atoms with Gasteiger partial charge in [-0.1, -0.05) is 82.1 Å². The lowest BCUT2D eigenvalue weighted by molar-refractivity contribution is -0.135. The molecular formula is C46H46O8. The summed E-state index contributed by atoms with van der Waals surface area (Å²) in [5.74, 6) is -0.591. The van der Waals surface area contributed by atoms with Crippen molar-refractivity contribution < 1.29 is 38.1 Å². The number of ether oxygens (including phenoxy) is 4. The molecule has 0 aliphatic heterocycles. The fourth-order valence-electron chi connectivity index (χ4n) is 5.82. The smallest absolute Gasteiger partial charge is 0.343 e. The third-order valence-corrected chi connectivity index (χ3v) is 8.83. The highest BCUT2D eigenvalue weighted by Crippen LogP contribution is 2.27. The number of carbonyl (C=O) groups excluding carboxylic acids is 4. The van der Waals surface area contributed by atoms with Crippen LogP contribution in [0.15, 0.2) is 115 Å². The van der Waals surface area contributed by atoms with Crippen molar-refractivity contribution in [3.63, 3.8) is 0 Å². The molecule has 0 N–H and O–H groups in total. The minimum Gasteiger partial charge on any atom is -0.427 e. The van der Waals surface area contributed by atoms with E-state index in [9.17, 15) is 19.2 Å². The molecule has 0 unspecified atom stereocenters. The Morgan fingerprint density at radius 1 is 0.426 bits per heavy atom. The van der Waals surface area contributed by atoms with E-state index in [4.69, 9.17) is 18.9 Å². The van der Waals surface area contributed by atoms with Crippen molar-refractivity contribution in [1.29, 1.82) is 0 Å². The van der Waals surface area contributed by atoms with Gasteiger partial charge in [0.2, 0.25) is 0 Å². The lowest BCUT2D eigenvalue weighted by atomic mass is 10.0. The van der Waals surface area contributed by atoms with E-state index in [-0.39, 0.29) is 41.7 Å². The Labute approximate surface area is 317 Å². The predicted octanol–water partition coefficient (Wildman–Crippen LogP) is 9.67. The summed E-state index contributed by atoms with van der Waals surface area (Å²) in [6, 6.07) is 33.7. The third-order valence-electron chi connectivity index (χ3n) is 8.83. The number of rotatable bonds is 17. The van der Waals surface area contributed by atoms with Gasteiger partial charge in [0, 0.05) is 12.8 Å². The van der Waals surface area contributed by atoms with Crippen LogP contribution in [-0.4, -0.2) is 23.9 Å². The predicted molar refractivity (Wildman–Crippen MR) is 207 cm³/mol. The number of hydrogen-bond donors (Lipinski definition) is 0. The van der Waals surface area contributed by atoms with Gasteiger partial charge in [-0.3, -0.25) is 9.59 Å². The zero-order chi connectivity index (χ0) is 38.3. The summed E-state index contributed by atoms with van der Waals surface area (Å²) in [7, 11) is 0. The monoisotopic (exact) mass is 726 g/mol. The molecule has 8 nitrogen and oxygen atoms in total. The van der Waals surface area contributed by atoms with Gasteiger partial charge in [-0.15, -0.1) is 0 Å². The molecule has 0 bridgehead atoms. The number of carbonyl (C=O) groups is 4. The van der Waals surface area contributed by atoms with Crippen molar-refractivity contribution in [2.24, 2.45) is 0 Å².